The van der Waals surface area contributed by atoms with Crippen molar-refractivity contribution in [1.29, 1.82) is 0 Å². The van der Waals surface area contributed by atoms with Gasteiger partial charge in [-0.3, -0.25) is 0 Å². The molecule has 1 aromatic heterocycles. The highest BCUT2D eigenvalue weighted by molar-refractivity contribution is 5.74. The van der Waals surface area contributed by atoms with Crippen LogP contribution in [0.25, 0.3) is 33.8 Å². The van der Waals surface area contributed by atoms with Crippen molar-refractivity contribution in [2.45, 2.75) is 6.92 Å². The lowest BCUT2D eigenvalue weighted by molar-refractivity contribution is 0.415. The van der Waals surface area contributed by atoms with Crippen molar-refractivity contribution in [3.8, 4) is 39.5 Å². The van der Waals surface area contributed by atoms with E-state index in [-0.39, 0.29) is 0 Å². The van der Waals surface area contributed by atoms with E-state index in [1.165, 1.54) is 11.1 Å². The molecule has 0 aliphatic heterocycles. The molecule has 2 heteroatoms. The quantitative estimate of drug-likeness (QED) is 0.373. The molecule has 4 rings (SSSR count). The van der Waals surface area contributed by atoms with Gasteiger partial charge in [0.25, 0.3) is 0 Å². The molecule has 0 aliphatic rings. The highest BCUT2D eigenvalue weighted by Gasteiger charge is 2.20. The van der Waals surface area contributed by atoms with Gasteiger partial charge in [-0.25, -0.2) is 4.42 Å². The Hall–Kier alpha value is -3.39. The zero-order valence-corrected chi connectivity index (χ0v) is 15.5. The minimum atomic E-state index is 0.828. The molecule has 0 bridgehead atoms. The minimum Gasteiger partial charge on any atom is -0.497 e. The molecule has 132 valence electrons. The molecule has 3 aromatic carbocycles. The Kier molecular flexibility index (Phi) is 4.71. The van der Waals surface area contributed by atoms with E-state index in [0.717, 1.165) is 34.0 Å². The van der Waals surface area contributed by atoms with Gasteiger partial charge in [0.1, 0.15) is 5.75 Å². The molecule has 0 fully saturated rings. The second kappa shape index (κ2) is 7.46. The van der Waals surface area contributed by atoms with Crippen molar-refractivity contribution in [3.63, 3.8) is 0 Å². The summed E-state index contributed by atoms with van der Waals surface area (Å²) in [5.41, 5.74) is 5.62. The first-order valence-electron chi connectivity index (χ1n) is 8.98. The molecule has 0 spiro atoms. The zero-order valence-electron chi connectivity index (χ0n) is 15.5. The Morgan fingerprint density at radius 3 is 1.74 bits per heavy atom. The van der Waals surface area contributed by atoms with Gasteiger partial charge in [0.05, 0.1) is 30.4 Å². The lowest BCUT2D eigenvalue weighted by Crippen LogP contribution is -1.87. The fourth-order valence-corrected chi connectivity index (χ4v) is 3.06. The third kappa shape index (κ3) is 3.75. The standard InChI is InChI=1S/C25H21O2/c1-18-8-10-19(11-9-18)22-16-24(20-6-4-3-5-7-20)27-25(17-22)21-12-14-23(26-2)15-13-21/h3-17H,1-2H3/q+1. The fourth-order valence-electron chi connectivity index (χ4n) is 3.06. The second-order valence-electron chi connectivity index (χ2n) is 6.54. The second-order valence-corrected chi connectivity index (χ2v) is 6.54. The first-order valence-corrected chi connectivity index (χ1v) is 8.98. The normalized spacial score (nSPS) is 10.6. The van der Waals surface area contributed by atoms with Gasteiger partial charge in [-0.05, 0) is 48.9 Å². The molecule has 0 N–H and O–H groups in total. The topological polar surface area (TPSA) is 20.5 Å². The number of aryl methyl sites for hydroxylation is 1. The van der Waals surface area contributed by atoms with Crippen molar-refractivity contribution < 1.29 is 9.15 Å². The predicted molar refractivity (Wildman–Crippen MR) is 111 cm³/mol. The first-order chi connectivity index (χ1) is 13.2. The summed E-state index contributed by atoms with van der Waals surface area (Å²) in [6.07, 6.45) is 0. The maximum atomic E-state index is 6.27. The van der Waals surface area contributed by atoms with Crippen LogP contribution in [0.1, 0.15) is 5.56 Å². The number of hydrogen-bond acceptors (Lipinski definition) is 1. The summed E-state index contributed by atoms with van der Waals surface area (Å²) in [6, 6.07) is 30.9. The van der Waals surface area contributed by atoms with Gasteiger partial charge in [-0.2, -0.15) is 0 Å². The van der Waals surface area contributed by atoms with Crippen LogP contribution in [0.2, 0.25) is 0 Å². The van der Waals surface area contributed by atoms with E-state index in [2.05, 4.69) is 55.5 Å². The molecule has 0 radical (unpaired) electrons. The third-order valence-corrected chi connectivity index (χ3v) is 4.61. The van der Waals surface area contributed by atoms with E-state index in [1.54, 1.807) is 7.11 Å². The Balaban J connectivity index is 1.87. The number of ether oxygens (including phenoxy) is 1. The average molecular weight is 353 g/mol. The number of rotatable bonds is 4. The van der Waals surface area contributed by atoms with Crippen LogP contribution in [0, 0.1) is 6.92 Å². The Labute approximate surface area is 159 Å². The monoisotopic (exact) mass is 353 g/mol. The minimum absolute atomic E-state index is 0.828. The van der Waals surface area contributed by atoms with Crippen LogP contribution >= 0.6 is 0 Å². The summed E-state index contributed by atoms with van der Waals surface area (Å²) < 4.78 is 11.5. The molecule has 27 heavy (non-hydrogen) atoms. The van der Waals surface area contributed by atoms with E-state index in [4.69, 9.17) is 9.15 Å². The van der Waals surface area contributed by atoms with E-state index >= 15 is 0 Å². The average Bonchev–Trinajstić information content (AvgIpc) is 2.74. The smallest absolute Gasteiger partial charge is 0.361 e. The van der Waals surface area contributed by atoms with Gasteiger partial charge >= 0.3 is 11.5 Å². The van der Waals surface area contributed by atoms with E-state index in [9.17, 15) is 0 Å². The van der Waals surface area contributed by atoms with Gasteiger partial charge in [0.2, 0.25) is 0 Å². The zero-order chi connectivity index (χ0) is 18.6. The summed E-state index contributed by atoms with van der Waals surface area (Å²) in [5.74, 6) is 2.51. The van der Waals surface area contributed by atoms with Crippen LogP contribution in [0.5, 0.6) is 5.75 Å². The Bertz CT molecular complexity index is 1030. The molecular weight excluding hydrogens is 332 g/mol. The Morgan fingerprint density at radius 1 is 0.593 bits per heavy atom. The van der Waals surface area contributed by atoms with Gasteiger partial charge in [-0.1, -0.05) is 48.0 Å². The molecule has 0 aliphatic carbocycles. The van der Waals surface area contributed by atoms with Crippen molar-refractivity contribution >= 4 is 0 Å². The summed E-state index contributed by atoms with van der Waals surface area (Å²) >= 11 is 0. The Morgan fingerprint density at radius 2 is 1.15 bits per heavy atom. The number of hydrogen-bond donors (Lipinski definition) is 0. The molecule has 0 unspecified atom stereocenters. The summed E-state index contributed by atoms with van der Waals surface area (Å²) in [7, 11) is 1.67. The van der Waals surface area contributed by atoms with Crippen LogP contribution in [-0.2, 0) is 0 Å². The molecule has 0 saturated heterocycles. The van der Waals surface area contributed by atoms with Gasteiger partial charge < -0.3 is 4.74 Å². The first kappa shape index (κ1) is 17.0. The summed E-state index contributed by atoms with van der Waals surface area (Å²) in [6.45, 7) is 2.10. The maximum absolute atomic E-state index is 6.27. The van der Waals surface area contributed by atoms with E-state index in [0.29, 0.717) is 0 Å². The lowest BCUT2D eigenvalue weighted by atomic mass is 10.0. The van der Waals surface area contributed by atoms with Crippen molar-refractivity contribution in [3.05, 3.63) is 96.6 Å². The molecular formula is C25H21O2+. The molecule has 0 atom stereocenters. The largest absolute Gasteiger partial charge is 0.497 e. The molecule has 0 amide bonds. The maximum Gasteiger partial charge on any atom is 0.361 e. The number of benzene rings is 3. The van der Waals surface area contributed by atoms with E-state index < -0.39 is 0 Å². The SMILES string of the molecule is COc1ccc(-c2cc(-c3ccc(C)cc3)cc(-c3ccccc3)[o+]2)cc1. The predicted octanol–water partition coefficient (Wildman–Crippen LogP) is 6.88. The van der Waals surface area contributed by atoms with Crippen molar-refractivity contribution in [2.24, 2.45) is 0 Å². The fraction of sp³-hybridized carbons (Fsp3) is 0.0800. The van der Waals surface area contributed by atoms with Crippen molar-refractivity contribution in [1.82, 2.24) is 0 Å². The molecule has 2 nitrogen and oxygen atoms in total. The highest BCUT2D eigenvalue weighted by atomic mass is 16.5. The van der Waals surface area contributed by atoms with Crippen LogP contribution in [0.15, 0.2) is 95.4 Å². The van der Waals surface area contributed by atoms with Gasteiger partial charge in [-0.15, -0.1) is 0 Å². The van der Waals surface area contributed by atoms with Gasteiger partial charge in [0.15, 0.2) is 0 Å². The van der Waals surface area contributed by atoms with Crippen molar-refractivity contribution in [2.75, 3.05) is 7.11 Å². The molecule has 0 saturated carbocycles. The van der Waals surface area contributed by atoms with Crippen LogP contribution in [-0.4, -0.2) is 7.11 Å². The van der Waals surface area contributed by atoms with Crippen LogP contribution < -0.4 is 4.74 Å². The highest BCUT2D eigenvalue weighted by Crippen LogP contribution is 2.33. The molecule has 1 heterocycles. The number of methoxy groups -OCH3 is 1. The third-order valence-electron chi connectivity index (χ3n) is 4.61. The molecule has 4 aromatic rings. The summed E-state index contributed by atoms with van der Waals surface area (Å²) in [5, 5.41) is 0. The van der Waals surface area contributed by atoms with Crippen LogP contribution in [0.4, 0.5) is 0 Å². The lowest BCUT2D eigenvalue weighted by Gasteiger charge is -2.03. The summed E-state index contributed by atoms with van der Waals surface area (Å²) in [4.78, 5) is 0. The van der Waals surface area contributed by atoms with E-state index in [1.807, 2.05) is 42.5 Å². The van der Waals surface area contributed by atoms with Gasteiger partial charge in [0, 0.05) is 5.56 Å². The van der Waals surface area contributed by atoms with Crippen LogP contribution in [0.3, 0.4) is 0 Å².